The van der Waals surface area contributed by atoms with Crippen molar-refractivity contribution in [1.82, 2.24) is 0 Å². The second kappa shape index (κ2) is 7.16. The van der Waals surface area contributed by atoms with Gasteiger partial charge in [-0.05, 0) is 35.4 Å². The molecule has 0 aliphatic carbocycles. The maximum absolute atomic E-state index is 13.5. The van der Waals surface area contributed by atoms with Crippen LogP contribution in [0.5, 0.6) is 0 Å². The van der Waals surface area contributed by atoms with Crippen molar-refractivity contribution in [3.05, 3.63) is 65.2 Å². The number of hydrogen-bond donors (Lipinski definition) is 3. The molecule has 2 rings (SSSR count). The molecule has 0 heterocycles. The number of rotatable bonds is 5. The summed E-state index contributed by atoms with van der Waals surface area (Å²) >= 11 is 0. The first kappa shape index (κ1) is 20.1. The Morgan fingerprint density at radius 2 is 1.46 bits per heavy atom. The molecule has 0 aliphatic rings. The van der Waals surface area contributed by atoms with Crippen molar-refractivity contribution in [3.8, 4) is 0 Å². The van der Waals surface area contributed by atoms with Gasteiger partial charge < -0.3 is 16.2 Å². The average Bonchev–Trinajstić information content (AvgIpc) is 2.58. The fraction of sp³-hybridized carbons (Fsp3) is 0.294. The number of benzene rings is 2. The Hall–Kier alpha value is -2.26. The molecule has 0 aliphatic heterocycles. The van der Waals surface area contributed by atoms with Gasteiger partial charge in [-0.15, -0.1) is 0 Å². The number of nitrogens with two attached hydrogens (primary N) is 1. The van der Waals surface area contributed by atoms with E-state index in [-0.39, 0.29) is 12.2 Å². The molecule has 0 aromatic heterocycles. The summed E-state index contributed by atoms with van der Waals surface area (Å²) in [6.07, 6.45) is -10.0. The van der Waals surface area contributed by atoms with Crippen LogP contribution in [0.15, 0.2) is 48.5 Å². The van der Waals surface area contributed by atoms with Gasteiger partial charge in [0.25, 0.3) is 0 Å². The number of hydrogen-bond acceptors (Lipinski definition) is 3. The Bertz CT molecular complexity index is 742. The van der Waals surface area contributed by atoms with E-state index in [1.165, 1.54) is 12.1 Å². The minimum atomic E-state index is -5.19. The second-order valence-electron chi connectivity index (χ2n) is 5.69. The maximum atomic E-state index is 13.5. The minimum absolute atomic E-state index is 0.247. The summed E-state index contributed by atoms with van der Waals surface area (Å²) in [6, 6.07) is 8.66. The molecule has 3 nitrogen and oxygen atoms in total. The molecule has 0 saturated carbocycles. The van der Waals surface area contributed by atoms with Gasteiger partial charge in [-0.2, -0.15) is 26.3 Å². The number of aliphatic hydroxyl groups is 1. The molecular weight excluding hydrogens is 362 g/mol. The van der Waals surface area contributed by atoms with Crippen LogP contribution in [0.3, 0.4) is 0 Å². The standard InChI is InChI=1S/C17H16F6N2O/c18-16(19,20)13-3-1-2-12(8-13)15(26,17(21,22)23)10-25-14-6-4-11(9-24)5-7-14/h1-8,25-26H,9-10,24H2/t15-/m1/s1. The van der Waals surface area contributed by atoms with Gasteiger partial charge in [-0.25, -0.2) is 0 Å². The summed E-state index contributed by atoms with van der Waals surface area (Å²) in [5, 5.41) is 12.6. The first-order chi connectivity index (χ1) is 12.0. The molecule has 1 atom stereocenters. The predicted molar refractivity (Wildman–Crippen MR) is 84.2 cm³/mol. The van der Waals surface area contributed by atoms with E-state index in [9.17, 15) is 31.4 Å². The summed E-state index contributed by atoms with van der Waals surface area (Å²) in [5.41, 5.74) is 0.765. The van der Waals surface area contributed by atoms with Crippen LogP contribution in [0.25, 0.3) is 0 Å². The monoisotopic (exact) mass is 378 g/mol. The molecule has 0 fully saturated rings. The van der Waals surface area contributed by atoms with Gasteiger partial charge in [0.05, 0.1) is 12.1 Å². The first-order valence-corrected chi connectivity index (χ1v) is 7.47. The van der Waals surface area contributed by atoms with Gasteiger partial charge in [0.2, 0.25) is 5.60 Å². The summed E-state index contributed by atoms with van der Waals surface area (Å²) in [5.74, 6) is 0. The van der Waals surface area contributed by atoms with Crippen LogP contribution in [0.1, 0.15) is 16.7 Å². The third-order valence-corrected chi connectivity index (χ3v) is 3.87. The Morgan fingerprint density at radius 3 is 1.96 bits per heavy atom. The van der Waals surface area contributed by atoms with Crippen LogP contribution in [0.2, 0.25) is 0 Å². The lowest BCUT2D eigenvalue weighted by Crippen LogP contribution is -2.47. The molecule has 2 aromatic rings. The summed E-state index contributed by atoms with van der Waals surface area (Å²) in [6.45, 7) is -0.809. The van der Waals surface area contributed by atoms with Gasteiger partial charge in [0, 0.05) is 12.2 Å². The van der Waals surface area contributed by atoms with Crippen molar-refractivity contribution >= 4 is 5.69 Å². The SMILES string of the molecule is NCc1ccc(NC[C@@](O)(c2cccc(C(F)(F)F)c2)C(F)(F)F)cc1. The predicted octanol–water partition coefficient (Wildman–Crippen LogP) is 4.03. The van der Waals surface area contributed by atoms with Crippen LogP contribution in [-0.2, 0) is 18.3 Å². The van der Waals surface area contributed by atoms with Crippen LogP contribution >= 0.6 is 0 Å². The second-order valence-corrected chi connectivity index (χ2v) is 5.69. The minimum Gasteiger partial charge on any atom is -0.381 e. The molecule has 0 radical (unpaired) electrons. The van der Waals surface area contributed by atoms with Crippen LogP contribution in [0, 0.1) is 0 Å². The fourth-order valence-corrected chi connectivity index (χ4v) is 2.31. The van der Waals surface area contributed by atoms with Gasteiger partial charge in [0.1, 0.15) is 0 Å². The van der Waals surface area contributed by atoms with Crippen molar-refractivity contribution in [2.75, 3.05) is 11.9 Å². The maximum Gasteiger partial charge on any atom is 0.423 e. The smallest absolute Gasteiger partial charge is 0.381 e. The molecule has 0 unspecified atom stereocenters. The molecule has 2 aromatic carbocycles. The molecule has 4 N–H and O–H groups in total. The van der Waals surface area contributed by atoms with E-state index in [4.69, 9.17) is 5.73 Å². The van der Waals surface area contributed by atoms with E-state index >= 15 is 0 Å². The number of halogens is 6. The molecular formula is C17H16F6N2O. The number of anilines is 1. The Labute approximate surface area is 145 Å². The van der Waals surface area contributed by atoms with E-state index in [0.29, 0.717) is 12.1 Å². The van der Waals surface area contributed by atoms with Crippen molar-refractivity contribution in [2.45, 2.75) is 24.5 Å². The fourth-order valence-electron chi connectivity index (χ4n) is 2.31. The van der Waals surface area contributed by atoms with Crippen LogP contribution in [0.4, 0.5) is 32.0 Å². The highest BCUT2D eigenvalue weighted by atomic mass is 19.4. The molecule has 0 amide bonds. The topological polar surface area (TPSA) is 58.3 Å². The normalized spacial score (nSPS) is 14.8. The van der Waals surface area contributed by atoms with Crippen LogP contribution < -0.4 is 11.1 Å². The third kappa shape index (κ3) is 4.28. The molecule has 0 saturated heterocycles. The van der Waals surface area contributed by atoms with Gasteiger partial charge in [-0.1, -0.05) is 24.3 Å². The Morgan fingerprint density at radius 1 is 0.885 bits per heavy atom. The van der Waals surface area contributed by atoms with Crippen molar-refractivity contribution in [2.24, 2.45) is 5.73 Å². The van der Waals surface area contributed by atoms with Gasteiger partial charge in [-0.3, -0.25) is 0 Å². The molecule has 26 heavy (non-hydrogen) atoms. The zero-order valence-electron chi connectivity index (χ0n) is 13.3. The van der Waals surface area contributed by atoms with Crippen LogP contribution in [-0.4, -0.2) is 17.8 Å². The zero-order valence-corrected chi connectivity index (χ0v) is 13.3. The van der Waals surface area contributed by atoms with E-state index in [1.807, 2.05) is 0 Å². The lowest BCUT2D eigenvalue weighted by molar-refractivity contribution is -0.260. The zero-order chi connectivity index (χ0) is 19.6. The largest absolute Gasteiger partial charge is 0.423 e. The highest BCUT2D eigenvalue weighted by molar-refractivity contribution is 5.46. The highest BCUT2D eigenvalue weighted by Gasteiger charge is 2.55. The van der Waals surface area contributed by atoms with Crippen molar-refractivity contribution in [1.29, 1.82) is 0 Å². The number of alkyl halides is 6. The quantitative estimate of drug-likeness (QED) is 0.689. The molecule has 142 valence electrons. The molecule has 0 spiro atoms. The van der Waals surface area contributed by atoms with E-state index < -0.39 is 35.6 Å². The van der Waals surface area contributed by atoms with Crippen molar-refractivity contribution < 1.29 is 31.4 Å². The lowest BCUT2D eigenvalue weighted by atomic mass is 9.91. The van der Waals surface area contributed by atoms with Gasteiger partial charge in [0.15, 0.2) is 0 Å². The van der Waals surface area contributed by atoms with E-state index in [2.05, 4.69) is 5.32 Å². The summed E-state index contributed by atoms with van der Waals surface area (Å²) in [4.78, 5) is 0. The van der Waals surface area contributed by atoms with Crippen molar-refractivity contribution in [3.63, 3.8) is 0 Å². The van der Waals surface area contributed by atoms with E-state index in [0.717, 1.165) is 17.7 Å². The summed E-state index contributed by atoms with van der Waals surface area (Å²) < 4.78 is 78.7. The first-order valence-electron chi connectivity index (χ1n) is 7.47. The Balaban J connectivity index is 2.33. The number of nitrogens with one attached hydrogen (secondary N) is 1. The summed E-state index contributed by atoms with van der Waals surface area (Å²) in [7, 11) is 0. The van der Waals surface area contributed by atoms with Gasteiger partial charge >= 0.3 is 12.4 Å². The molecule has 9 heteroatoms. The highest BCUT2D eigenvalue weighted by Crippen LogP contribution is 2.41. The average molecular weight is 378 g/mol. The lowest BCUT2D eigenvalue weighted by Gasteiger charge is -2.32. The molecule has 0 bridgehead atoms. The third-order valence-electron chi connectivity index (χ3n) is 3.87. The Kier molecular flexibility index (Phi) is 5.52. The van der Waals surface area contributed by atoms with E-state index in [1.54, 1.807) is 12.1 Å².